The van der Waals surface area contributed by atoms with Crippen molar-refractivity contribution in [3.05, 3.63) is 48.2 Å². The largest absolute Gasteiger partial charge is 0.333 e. The van der Waals surface area contributed by atoms with Crippen LogP contribution in [-0.4, -0.2) is 42.2 Å². The summed E-state index contributed by atoms with van der Waals surface area (Å²) in [4.78, 5) is 14.2. The first-order valence-corrected chi connectivity index (χ1v) is 8.23. The number of carbonyl (C=O) groups excluding carboxylic acids is 1. The quantitative estimate of drug-likeness (QED) is 0.698. The lowest BCUT2D eigenvalue weighted by Crippen LogP contribution is -2.27. The molecule has 0 aliphatic carbocycles. The number of fused-ring (bicyclic) bond motifs is 1. The molecule has 3 heterocycles. The Kier molecular flexibility index (Phi) is 4.59. The lowest BCUT2D eigenvalue weighted by Gasteiger charge is -2.15. The fraction of sp³-hybridized carbons (Fsp3) is 0.412. The van der Waals surface area contributed by atoms with Crippen LogP contribution in [0.15, 0.2) is 36.7 Å². The summed E-state index contributed by atoms with van der Waals surface area (Å²) in [6.45, 7) is 4.63. The van der Waals surface area contributed by atoms with Crippen LogP contribution in [0, 0.1) is 0 Å². The fourth-order valence-corrected chi connectivity index (χ4v) is 2.80. The highest BCUT2D eigenvalue weighted by molar-refractivity contribution is 5.91. The van der Waals surface area contributed by atoms with Gasteiger partial charge in [-0.3, -0.25) is 13.9 Å². The zero-order chi connectivity index (χ0) is 17.1. The van der Waals surface area contributed by atoms with Gasteiger partial charge in [0.05, 0.1) is 12.6 Å². The predicted molar refractivity (Wildman–Crippen MR) is 90.6 cm³/mol. The van der Waals surface area contributed by atoms with Gasteiger partial charge in [-0.2, -0.15) is 5.10 Å². The van der Waals surface area contributed by atoms with Gasteiger partial charge in [0, 0.05) is 19.4 Å². The average molecular weight is 326 g/mol. The summed E-state index contributed by atoms with van der Waals surface area (Å²) in [7, 11) is 1.75. The maximum Gasteiger partial charge on any atom is 0.274 e. The molecule has 0 saturated heterocycles. The molecule has 0 N–H and O–H groups in total. The Labute approximate surface area is 140 Å². The first-order chi connectivity index (χ1) is 11.6. The molecule has 7 nitrogen and oxygen atoms in total. The molecule has 0 radical (unpaired) electrons. The van der Waals surface area contributed by atoms with E-state index in [2.05, 4.69) is 29.1 Å². The van der Waals surface area contributed by atoms with Crippen LogP contribution in [0.2, 0.25) is 0 Å². The normalized spacial score (nSPS) is 11.3. The number of amides is 1. The van der Waals surface area contributed by atoms with Gasteiger partial charge in [-0.25, -0.2) is 0 Å². The Morgan fingerprint density at radius 1 is 1.17 bits per heavy atom. The zero-order valence-corrected chi connectivity index (χ0v) is 14.3. The molecule has 0 unspecified atom stereocenters. The SMILES string of the molecule is CCC(CC)n1ccc(C(=O)N(C)Cc2nnc3ccccn23)n1. The maximum atomic E-state index is 12.6. The smallest absolute Gasteiger partial charge is 0.274 e. The summed E-state index contributed by atoms with van der Waals surface area (Å²) >= 11 is 0. The molecule has 3 aromatic heterocycles. The van der Waals surface area contributed by atoms with Crippen LogP contribution in [0.5, 0.6) is 0 Å². The van der Waals surface area contributed by atoms with Crippen LogP contribution < -0.4 is 0 Å². The van der Waals surface area contributed by atoms with Crippen LogP contribution in [0.25, 0.3) is 5.65 Å². The first-order valence-electron chi connectivity index (χ1n) is 8.23. The van der Waals surface area contributed by atoms with Crippen molar-refractivity contribution in [1.82, 2.24) is 29.3 Å². The summed E-state index contributed by atoms with van der Waals surface area (Å²) in [5, 5.41) is 12.7. The third-order valence-electron chi connectivity index (χ3n) is 4.25. The number of carbonyl (C=O) groups is 1. The number of pyridine rings is 1. The number of aromatic nitrogens is 5. The minimum atomic E-state index is -0.118. The highest BCUT2D eigenvalue weighted by Crippen LogP contribution is 2.15. The third kappa shape index (κ3) is 3.02. The van der Waals surface area contributed by atoms with Gasteiger partial charge >= 0.3 is 0 Å². The molecule has 0 bridgehead atoms. The van der Waals surface area contributed by atoms with E-state index in [0.29, 0.717) is 18.3 Å². The lowest BCUT2D eigenvalue weighted by molar-refractivity contribution is 0.0774. The Hall–Kier alpha value is -2.70. The Morgan fingerprint density at radius 3 is 2.71 bits per heavy atom. The minimum Gasteiger partial charge on any atom is -0.333 e. The summed E-state index contributed by atoms with van der Waals surface area (Å²) in [6, 6.07) is 7.82. The molecule has 0 spiro atoms. The third-order valence-corrected chi connectivity index (χ3v) is 4.25. The van der Waals surface area contributed by atoms with Gasteiger partial charge in [-0.15, -0.1) is 10.2 Å². The zero-order valence-electron chi connectivity index (χ0n) is 14.3. The molecule has 0 atom stereocenters. The van der Waals surface area contributed by atoms with Crippen LogP contribution in [0.1, 0.15) is 49.0 Å². The minimum absolute atomic E-state index is 0.118. The van der Waals surface area contributed by atoms with E-state index < -0.39 is 0 Å². The topological polar surface area (TPSA) is 68.3 Å². The number of rotatable bonds is 6. The van der Waals surface area contributed by atoms with Crippen molar-refractivity contribution in [2.24, 2.45) is 0 Å². The van der Waals surface area contributed by atoms with Crippen LogP contribution >= 0.6 is 0 Å². The average Bonchev–Trinajstić information content (AvgIpc) is 3.23. The molecule has 0 aromatic carbocycles. The van der Waals surface area contributed by atoms with E-state index >= 15 is 0 Å². The summed E-state index contributed by atoms with van der Waals surface area (Å²) in [5.41, 5.74) is 1.23. The lowest BCUT2D eigenvalue weighted by atomic mass is 10.2. The van der Waals surface area contributed by atoms with Crippen LogP contribution in [0.4, 0.5) is 0 Å². The number of hydrogen-bond donors (Lipinski definition) is 0. The van der Waals surface area contributed by atoms with Crippen molar-refractivity contribution < 1.29 is 4.79 Å². The second-order valence-electron chi connectivity index (χ2n) is 5.86. The van der Waals surface area contributed by atoms with E-state index in [0.717, 1.165) is 24.3 Å². The second kappa shape index (κ2) is 6.82. The molecule has 0 fully saturated rings. The van der Waals surface area contributed by atoms with Gasteiger partial charge in [0.25, 0.3) is 5.91 Å². The molecule has 7 heteroatoms. The first kappa shape index (κ1) is 16.2. The van der Waals surface area contributed by atoms with Crippen LogP contribution in [-0.2, 0) is 6.54 Å². The van der Waals surface area contributed by atoms with Gasteiger partial charge in [-0.1, -0.05) is 19.9 Å². The van der Waals surface area contributed by atoms with E-state index in [9.17, 15) is 4.79 Å². The number of nitrogens with zero attached hydrogens (tertiary/aromatic N) is 6. The molecule has 126 valence electrons. The van der Waals surface area contributed by atoms with Crippen molar-refractivity contribution in [2.75, 3.05) is 7.05 Å². The van der Waals surface area contributed by atoms with Crippen molar-refractivity contribution in [1.29, 1.82) is 0 Å². The van der Waals surface area contributed by atoms with Gasteiger partial charge in [0.2, 0.25) is 0 Å². The molecule has 3 aromatic rings. The fourth-order valence-electron chi connectivity index (χ4n) is 2.80. The molecule has 24 heavy (non-hydrogen) atoms. The van der Waals surface area contributed by atoms with Crippen molar-refractivity contribution in [2.45, 2.75) is 39.3 Å². The molecular formula is C17H22N6O. The standard InChI is InChI=1S/C17H22N6O/c1-4-13(5-2)23-11-9-14(20-23)17(24)21(3)12-16-19-18-15-8-6-7-10-22(15)16/h6-11,13H,4-5,12H2,1-3H3. The van der Waals surface area contributed by atoms with Gasteiger partial charge < -0.3 is 4.90 Å². The summed E-state index contributed by atoms with van der Waals surface area (Å²) < 4.78 is 3.76. The Morgan fingerprint density at radius 2 is 1.96 bits per heavy atom. The van der Waals surface area contributed by atoms with E-state index in [1.54, 1.807) is 18.0 Å². The van der Waals surface area contributed by atoms with E-state index in [4.69, 9.17) is 0 Å². The molecule has 0 saturated carbocycles. The second-order valence-corrected chi connectivity index (χ2v) is 5.86. The molecular weight excluding hydrogens is 304 g/mol. The van der Waals surface area contributed by atoms with E-state index in [1.165, 1.54) is 0 Å². The van der Waals surface area contributed by atoms with Crippen LogP contribution in [0.3, 0.4) is 0 Å². The van der Waals surface area contributed by atoms with Crippen molar-refractivity contribution >= 4 is 11.6 Å². The van der Waals surface area contributed by atoms with Gasteiger partial charge in [-0.05, 0) is 31.0 Å². The molecule has 3 rings (SSSR count). The Bertz CT molecular complexity index is 832. The monoisotopic (exact) mass is 326 g/mol. The summed E-state index contributed by atoms with van der Waals surface area (Å²) in [6.07, 6.45) is 5.76. The highest BCUT2D eigenvalue weighted by Gasteiger charge is 2.18. The van der Waals surface area contributed by atoms with E-state index in [1.807, 2.05) is 39.7 Å². The Balaban J connectivity index is 1.75. The number of hydrogen-bond acceptors (Lipinski definition) is 4. The van der Waals surface area contributed by atoms with Crippen molar-refractivity contribution in [3.63, 3.8) is 0 Å². The molecule has 0 aliphatic rings. The highest BCUT2D eigenvalue weighted by atomic mass is 16.2. The predicted octanol–water partition coefficient (Wildman–Crippen LogP) is 2.56. The van der Waals surface area contributed by atoms with E-state index in [-0.39, 0.29) is 5.91 Å². The summed E-state index contributed by atoms with van der Waals surface area (Å²) in [5.74, 6) is 0.605. The van der Waals surface area contributed by atoms with Gasteiger partial charge in [0.1, 0.15) is 5.69 Å². The molecule has 0 aliphatic heterocycles. The maximum absolute atomic E-state index is 12.6. The van der Waals surface area contributed by atoms with Crippen molar-refractivity contribution in [3.8, 4) is 0 Å². The molecule has 1 amide bonds. The van der Waals surface area contributed by atoms with Gasteiger partial charge in [0.15, 0.2) is 11.5 Å².